The van der Waals surface area contributed by atoms with Crippen LogP contribution in [0.25, 0.3) is 0 Å². The minimum Gasteiger partial charge on any atom is -0.488 e. The highest BCUT2D eigenvalue weighted by molar-refractivity contribution is 5.42. The van der Waals surface area contributed by atoms with Gasteiger partial charge in [0.15, 0.2) is 0 Å². The summed E-state index contributed by atoms with van der Waals surface area (Å²) in [7, 11) is 0. The van der Waals surface area contributed by atoms with Crippen LogP contribution in [-0.2, 0) is 19.4 Å². The first-order valence-electron chi connectivity index (χ1n) is 7.02. The summed E-state index contributed by atoms with van der Waals surface area (Å²) in [5.41, 5.74) is 4.35. The van der Waals surface area contributed by atoms with E-state index in [4.69, 9.17) is 10.00 Å². The van der Waals surface area contributed by atoms with Gasteiger partial charge in [0.1, 0.15) is 12.4 Å². The zero-order valence-corrected chi connectivity index (χ0v) is 12.3. The first-order chi connectivity index (χ1) is 10.3. The third kappa shape index (κ3) is 3.73. The van der Waals surface area contributed by atoms with Crippen LogP contribution in [0.5, 0.6) is 5.75 Å². The van der Waals surface area contributed by atoms with Gasteiger partial charge in [-0.1, -0.05) is 48.5 Å². The molecule has 21 heavy (non-hydrogen) atoms. The lowest BCUT2D eigenvalue weighted by Gasteiger charge is -2.14. The molecule has 0 unspecified atom stereocenters. The van der Waals surface area contributed by atoms with Crippen LogP contribution in [0.3, 0.4) is 0 Å². The van der Waals surface area contributed by atoms with Crippen LogP contribution >= 0.6 is 0 Å². The molecular formula is C19H19NO. The lowest BCUT2D eigenvalue weighted by atomic mass is 10.1. The Balaban J connectivity index is 2.21. The average Bonchev–Trinajstić information content (AvgIpc) is 2.49. The molecule has 0 aromatic heterocycles. The van der Waals surface area contributed by atoms with E-state index in [1.165, 1.54) is 0 Å². The third-order valence-corrected chi connectivity index (χ3v) is 3.42. The van der Waals surface area contributed by atoms with Crippen molar-refractivity contribution in [2.45, 2.75) is 26.4 Å². The molecule has 2 aromatic carbocycles. The van der Waals surface area contributed by atoms with E-state index in [2.05, 4.69) is 18.7 Å². The summed E-state index contributed by atoms with van der Waals surface area (Å²) in [6, 6.07) is 16.2. The Morgan fingerprint density at radius 1 is 1.10 bits per heavy atom. The quantitative estimate of drug-likeness (QED) is 0.735. The van der Waals surface area contributed by atoms with Crippen LogP contribution in [0.4, 0.5) is 0 Å². The van der Waals surface area contributed by atoms with Crippen molar-refractivity contribution in [1.29, 1.82) is 5.26 Å². The Morgan fingerprint density at radius 2 is 1.81 bits per heavy atom. The van der Waals surface area contributed by atoms with Gasteiger partial charge in [0.25, 0.3) is 0 Å². The van der Waals surface area contributed by atoms with Crippen LogP contribution < -0.4 is 4.74 Å². The fraction of sp³-hybridized carbons (Fsp3) is 0.211. The van der Waals surface area contributed by atoms with E-state index in [1.54, 1.807) is 0 Å². The average molecular weight is 277 g/mol. The molecule has 106 valence electrons. The molecule has 0 N–H and O–H groups in total. The standard InChI is InChI=1S/C19H19NO/c1-3-7-17-11-6-8-15(2)19(17)21-14-18-10-5-4-9-16(18)12-13-20/h3-6,8-11H,1,7,12,14H2,2H3. The monoisotopic (exact) mass is 277 g/mol. The summed E-state index contributed by atoms with van der Waals surface area (Å²) in [4.78, 5) is 0. The van der Waals surface area contributed by atoms with Crippen molar-refractivity contribution in [1.82, 2.24) is 0 Å². The Labute approximate surface area is 126 Å². The van der Waals surface area contributed by atoms with Crippen molar-refractivity contribution in [2.75, 3.05) is 0 Å². The fourth-order valence-corrected chi connectivity index (χ4v) is 2.34. The normalized spacial score (nSPS) is 9.90. The van der Waals surface area contributed by atoms with Crippen molar-refractivity contribution in [2.24, 2.45) is 0 Å². The Bertz CT molecular complexity index is 668. The molecule has 0 saturated heterocycles. The number of nitriles is 1. The van der Waals surface area contributed by atoms with Gasteiger partial charge in [-0.15, -0.1) is 6.58 Å². The predicted octanol–water partition coefficient (Wildman–Crippen LogP) is 4.37. The minimum absolute atomic E-state index is 0.410. The van der Waals surface area contributed by atoms with Gasteiger partial charge in [-0.2, -0.15) is 5.26 Å². The van der Waals surface area contributed by atoms with Crippen molar-refractivity contribution in [3.63, 3.8) is 0 Å². The summed E-state index contributed by atoms with van der Waals surface area (Å²) >= 11 is 0. The largest absolute Gasteiger partial charge is 0.488 e. The van der Waals surface area contributed by atoms with Gasteiger partial charge >= 0.3 is 0 Å². The molecule has 2 nitrogen and oxygen atoms in total. The molecule has 0 saturated carbocycles. The number of hydrogen-bond acceptors (Lipinski definition) is 2. The lowest BCUT2D eigenvalue weighted by molar-refractivity contribution is 0.300. The van der Waals surface area contributed by atoms with Crippen LogP contribution in [0.1, 0.15) is 22.3 Å². The first kappa shape index (κ1) is 14.9. The van der Waals surface area contributed by atoms with E-state index >= 15 is 0 Å². The zero-order valence-electron chi connectivity index (χ0n) is 12.3. The smallest absolute Gasteiger partial charge is 0.126 e. The fourth-order valence-electron chi connectivity index (χ4n) is 2.34. The van der Waals surface area contributed by atoms with E-state index in [0.29, 0.717) is 13.0 Å². The number of nitrogens with zero attached hydrogens (tertiary/aromatic N) is 1. The molecule has 0 spiro atoms. The maximum atomic E-state index is 8.89. The van der Waals surface area contributed by atoms with Gasteiger partial charge in [0.2, 0.25) is 0 Å². The van der Waals surface area contributed by atoms with Crippen molar-refractivity contribution in [3.05, 3.63) is 77.4 Å². The maximum absolute atomic E-state index is 8.89. The Kier molecular flexibility index (Phi) is 5.17. The SMILES string of the molecule is C=CCc1cccc(C)c1OCc1ccccc1CC#N. The molecule has 0 radical (unpaired) electrons. The Morgan fingerprint density at radius 3 is 2.52 bits per heavy atom. The number of aryl methyl sites for hydroxylation is 1. The maximum Gasteiger partial charge on any atom is 0.126 e. The van der Waals surface area contributed by atoms with Gasteiger partial charge in [-0.25, -0.2) is 0 Å². The van der Waals surface area contributed by atoms with E-state index in [9.17, 15) is 0 Å². The molecule has 0 aliphatic carbocycles. The van der Waals surface area contributed by atoms with Crippen LogP contribution in [0, 0.1) is 18.3 Å². The van der Waals surface area contributed by atoms with Crippen LogP contribution in [-0.4, -0.2) is 0 Å². The molecule has 0 fully saturated rings. The van der Waals surface area contributed by atoms with Gasteiger partial charge in [0.05, 0.1) is 12.5 Å². The summed E-state index contributed by atoms with van der Waals surface area (Å²) in [6.45, 7) is 6.32. The third-order valence-electron chi connectivity index (χ3n) is 3.42. The van der Waals surface area contributed by atoms with Crippen molar-refractivity contribution < 1.29 is 4.74 Å². The zero-order chi connectivity index (χ0) is 15.1. The number of allylic oxidation sites excluding steroid dienone is 1. The van der Waals surface area contributed by atoms with Gasteiger partial charge in [-0.05, 0) is 35.6 Å². The molecule has 0 atom stereocenters. The molecule has 0 amide bonds. The van der Waals surface area contributed by atoms with Gasteiger partial charge in [0, 0.05) is 0 Å². The second kappa shape index (κ2) is 7.31. The number of benzene rings is 2. The van der Waals surface area contributed by atoms with Crippen molar-refractivity contribution >= 4 is 0 Å². The molecular weight excluding hydrogens is 258 g/mol. The first-order valence-corrected chi connectivity index (χ1v) is 7.02. The highest BCUT2D eigenvalue weighted by atomic mass is 16.5. The number of hydrogen-bond donors (Lipinski definition) is 0. The van der Waals surface area contributed by atoms with Crippen molar-refractivity contribution in [3.8, 4) is 11.8 Å². The van der Waals surface area contributed by atoms with Crippen LogP contribution in [0.2, 0.25) is 0 Å². The molecule has 0 aliphatic rings. The molecule has 2 heteroatoms. The highest BCUT2D eigenvalue weighted by Crippen LogP contribution is 2.25. The number of para-hydroxylation sites is 1. The van der Waals surface area contributed by atoms with Gasteiger partial charge < -0.3 is 4.74 Å². The molecule has 0 aliphatic heterocycles. The van der Waals surface area contributed by atoms with E-state index in [0.717, 1.165) is 34.4 Å². The van der Waals surface area contributed by atoms with E-state index in [-0.39, 0.29) is 0 Å². The molecule has 0 bridgehead atoms. The van der Waals surface area contributed by atoms with Crippen LogP contribution in [0.15, 0.2) is 55.1 Å². The summed E-state index contributed by atoms with van der Waals surface area (Å²) in [6.07, 6.45) is 3.08. The van der Waals surface area contributed by atoms with E-state index < -0.39 is 0 Å². The molecule has 2 aromatic rings. The highest BCUT2D eigenvalue weighted by Gasteiger charge is 2.08. The summed E-state index contributed by atoms with van der Waals surface area (Å²) < 4.78 is 6.04. The second-order valence-corrected chi connectivity index (χ2v) is 4.95. The Hall–Kier alpha value is -2.53. The summed E-state index contributed by atoms with van der Waals surface area (Å²) in [5, 5.41) is 8.89. The van der Waals surface area contributed by atoms with Gasteiger partial charge in [-0.3, -0.25) is 0 Å². The minimum atomic E-state index is 0.410. The summed E-state index contributed by atoms with van der Waals surface area (Å²) in [5.74, 6) is 0.921. The molecule has 0 heterocycles. The lowest BCUT2D eigenvalue weighted by Crippen LogP contribution is -2.03. The second-order valence-electron chi connectivity index (χ2n) is 4.95. The number of ether oxygens (including phenoxy) is 1. The predicted molar refractivity (Wildman–Crippen MR) is 85.2 cm³/mol. The topological polar surface area (TPSA) is 33.0 Å². The van der Waals surface area contributed by atoms with E-state index in [1.807, 2.05) is 49.4 Å². The number of rotatable bonds is 6. The molecule has 2 rings (SSSR count).